The van der Waals surface area contributed by atoms with Crippen LogP contribution in [0.1, 0.15) is 19.3 Å². The Hall–Kier alpha value is -2.98. The molecule has 0 aliphatic heterocycles. The summed E-state index contributed by atoms with van der Waals surface area (Å²) in [6.45, 7) is 4.26. The van der Waals surface area contributed by atoms with E-state index in [1.54, 1.807) is 53.5 Å². The second-order valence-corrected chi connectivity index (χ2v) is 9.78. The molecule has 0 aliphatic rings. The van der Waals surface area contributed by atoms with Gasteiger partial charge in [0.25, 0.3) is 10.1 Å². The third-order valence-electron chi connectivity index (χ3n) is 4.83. The third-order valence-corrected chi connectivity index (χ3v) is 6.26. The van der Waals surface area contributed by atoms with E-state index in [9.17, 15) is 8.42 Å². The first kappa shape index (κ1) is 27.6. The SMILES string of the molecule is C=C(CCCOc1ccc(-c2cnc(-c3cc[n+](CCCS(=O)(=O)O)cc3)o2)cc1SOOO)OO. The number of nitrogens with zero attached hydrogens (tertiary/aromatic N) is 2. The van der Waals surface area contributed by atoms with Crippen LogP contribution in [-0.2, 0) is 30.9 Å². The van der Waals surface area contributed by atoms with Crippen molar-refractivity contribution in [3.05, 3.63) is 61.3 Å². The molecule has 1 aromatic carbocycles. The molecule has 0 saturated heterocycles. The van der Waals surface area contributed by atoms with Crippen LogP contribution in [0, 0.1) is 0 Å². The summed E-state index contributed by atoms with van der Waals surface area (Å²) in [4.78, 5) is 8.87. The topological polar surface area (TPSA) is 162 Å². The predicted octanol–water partition coefficient (Wildman–Crippen LogP) is 4.16. The van der Waals surface area contributed by atoms with Gasteiger partial charge in [-0.25, -0.2) is 20.1 Å². The lowest BCUT2D eigenvalue weighted by Crippen LogP contribution is -2.33. The molecule has 36 heavy (non-hydrogen) atoms. The Kier molecular flexibility index (Phi) is 10.2. The highest BCUT2D eigenvalue weighted by Gasteiger charge is 2.15. The number of pyridine rings is 1. The Balaban J connectivity index is 1.68. The summed E-state index contributed by atoms with van der Waals surface area (Å²) in [5, 5.41) is 20.8. The Morgan fingerprint density at radius 3 is 2.61 bits per heavy atom. The van der Waals surface area contributed by atoms with Crippen molar-refractivity contribution >= 4 is 22.2 Å². The van der Waals surface area contributed by atoms with Gasteiger partial charge in [-0.3, -0.25) is 4.55 Å². The van der Waals surface area contributed by atoms with Gasteiger partial charge in [-0.15, -0.1) is 4.33 Å². The zero-order chi connectivity index (χ0) is 26.0. The van der Waals surface area contributed by atoms with Gasteiger partial charge in [0, 0.05) is 36.1 Å². The van der Waals surface area contributed by atoms with Gasteiger partial charge in [0.2, 0.25) is 5.89 Å². The maximum Gasteiger partial charge on any atom is 0.265 e. The van der Waals surface area contributed by atoms with Gasteiger partial charge >= 0.3 is 0 Å². The van der Waals surface area contributed by atoms with E-state index in [0.29, 0.717) is 59.4 Å². The Morgan fingerprint density at radius 2 is 1.92 bits per heavy atom. The summed E-state index contributed by atoms with van der Waals surface area (Å²) in [5.41, 5.74) is 1.38. The van der Waals surface area contributed by atoms with Gasteiger partial charge in [0.05, 0.1) is 35.5 Å². The highest BCUT2D eigenvalue weighted by Crippen LogP contribution is 2.35. The van der Waals surface area contributed by atoms with Gasteiger partial charge in [0.1, 0.15) is 18.1 Å². The van der Waals surface area contributed by atoms with Crippen LogP contribution in [0.2, 0.25) is 0 Å². The van der Waals surface area contributed by atoms with Crippen LogP contribution in [0.25, 0.3) is 22.8 Å². The van der Waals surface area contributed by atoms with Crippen LogP contribution >= 0.6 is 12.0 Å². The number of rotatable bonds is 15. The number of aryl methyl sites for hydroxylation is 1. The quantitative estimate of drug-likeness (QED) is 0.0480. The first-order chi connectivity index (χ1) is 17.3. The van der Waals surface area contributed by atoms with E-state index in [0.717, 1.165) is 12.0 Å². The first-order valence-corrected chi connectivity index (χ1v) is 13.0. The molecule has 194 valence electrons. The zero-order valence-corrected chi connectivity index (χ0v) is 20.6. The lowest BCUT2D eigenvalue weighted by molar-refractivity contribution is -0.696. The largest absolute Gasteiger partial charge is 0.492 e. The van der Waals surface area contributed by atoms with Crippen LogP contribution < -0.4 is 9.30 Å². The van der Waals surface area contributed by atoms with E-state index in [4.69, 9.17) is 24.2 Å². The van der Waals surface area contributed by atoms with Crippen LogP contribution in [-0.4, -0.2) is 40.8 Å². The van der Waals surface area contributed by atoms with E-state index in [-0.39, 0.29) is 17.9 Å². The number of hydrogen-bond acceptors (Lipinski definition) is 11. The van der Waals surface area contributed by atoms with Crippen molar-refractivity contribution in [2.75, 3.05) is 12.4 Å². The molecule has 0 radical (unpaired) electrons. The molecule has 0 aliphatic carbocycles. The van der Waals surface area contributed by atoms with Crippen molar-refractivity contribution in [3.63, 3.8) is 0 Å². The monoisotopic (exact) mass is 541 g/mol. The predicted molar refractivity (Wildman–Crippen MR) is 127 cm³/mol. The summed E-state index contributed by atoms with van der Waals surface area (Å²) in [5.74, 6) is 1.25. The number of allylic oxidation sites excluding steroid dienone is 1. The maximum atomic E-state index is 10.8. The smallest absolute Gasteiger partial charge is 0.265 e. The normalized spacial score (nSPS) is 11.4. The number of benzene rings is 1. The van der Waals surface area contributed by atoms with Crippen molar-refractivity contribution in [2.24, 2.45) is 0 Å². The van der Waals surface area contributed by atoms with Gasteiger partial charge in [-0.05, 0) is 24.6 Å². The standard InChI is InChI=1S/C22H24N2O10S2/c1-16(32-25)4-2-12-30-19-6-5-18(14-21(19)35-34-33-26)20-15-23-22(31-20)17-7-10-24(11-8-17)9-3-13-36(27,28)29/h5-8,10-11,14-15H,1-4,9,12-13H2,(H2-,25,26,27,28,29)/p+1. The highest BCUT2D eigenvalue weighted by atomic mass is 32.2. The molecule has 2 aromatic heterocycles. The van der Waals surface area contributed by atoms with Crippen molar-refractivity contribution in [2.45, 2.75) is 30.7 Å². The van der Waals surface area contributed by atoms with E-state index in [1.807, 2.05) is 0 Å². The highest BCUT2D eigenvalue weighted by molar-refractivity contribution is 7.94. The summed E-state index contributed by atoms with van der Waals surface area (Å²) >= 11 is 0.740. The Morgan fingerprint density at radius 1 is 1.14 bits per heavy atom. The summed E-state index contributed by atoms with van der Waals surface area (Å²) in [7, 11) is -3.98. The minimum Gasteiger partial charge on any atom is -0.492 e. The average Bonchev–Trinajstić information content (AvgIpc) is 3.35. The fourth-order valence-electron chi connectivity index (χ4n) is 3.11. The van der Waals surface area contributed by atoms with E-state index < -0.39 is 10.1 Å². The second kappa shape index (κ2) is 13.4. The third kappa shape index (κ3) is 8.60. The molecular weight excluding hydrogens is 516 g/mol. The van der Waals surface area contributed by atoms with Crippen molar-refractivity contribution in [3.8, 4) is 28.5 Å². The average molecular weight is 542 g/mol. The molecule has 0 fully saturated rings. The molecule has 12 nitrogen and oxygen atoms in total. The van der Waals surface area contributed by atoms with E-state index >= 15 is 0 Å². The minimum atomic E-state index is -3.98. The van der Waals surface area contributed by atoms with Crippen LogP contribution in [0.4, 0.5) is 0 Å². The molecule has 3 aromatic rings. The van der Waals surface area contributed by atoms with Crippen LogP contribution in [0.15, 0.2) is 70.6 Å². The fraction of sp³-hybridized carbons (Fsp3) is 0.273. The van der Waals surface area contributed by atoms with Crippen molar-refractivity contribution < 1.29 is 51.5 Å². The molecule has 0 saturated carbocycles. The van der Waals surface area contributed by atoms with E-state index in [2.05, 4.69) is 25.8 Å². The number of hydrogen-bond donors (Lipinski definition) is 3. The Bertz CT molecular complexity index is 1250. The maximum absolute atomic E-state index is 10.8. The zero-order valence-electron chi connectivity index (χ0n) is 19.0. The van der Waals surface area contributed by atoms with Gasteiger partial charge in [-0.2, -0.15) is 8.42 Å². The van der Waals surface area contributed by atoms with Crippen LogP contribution in [0.3, 0.4) is 0 Å². The number of oxazole rings is 1. The second-order valence-electron chi connectivity index (χ2n) is 7.46. The summed E-state index contributed by atoms with van der Waals surface area (Å²) in [6.07, 6.45) is 6.33. The minimum absolute atomic E-state index is 0.229. The molecule has 3 rings (SSSR count). The molecule has 0 bridgehead atoms. The summed E-state index contributed by atoms with van der Waals surface area (Å²) in [6, 6.07) is 8.75. The van der Waals surface area contributed by atoms with Gasteiger partial charge in [-0.1, -0.05) is 11.6 Å². The van der Waals surface area contributed by atoms with E-state index in [1.165, 1.54) is 0 Å². The molecule has 0 spiro atoms. The lowest BCUT2D eigenvalue weighted by Gasteiger charge is -2.11. The molecular formula is C22H25N2O10S2+. The molecule has 0 atom stereocenters. The van der Waals surface area contributed by atoms with Crippen molar-refractivity contribution in [1.29, 1.82) is 0 Å². The molecule has 0 amide bonds. The molecule has 14 heteroatoms. The molecule has 2 heterocycles. The van der Waals surface area contributed by atoms with Crippen LogP contribution in [0.5, 0.6) is 5.75 Å². The number of aromatic nitrogens is 2. The molecule has 3 N–H and O–H groups in total. The fourth-order valence-corrected chi connectivity index (χ4v) is 4.10. The molecule has 0 unspecified atom stereocenters. The van der Waals surface area contributed by atoms with Gasteiger partial charge in [0.15, 0.2) is 18.2 Å². The lowest BCUT2D eigenvalue weighted by atomic mass is 10.2. The van der Waals surface area contributed by atoms with Crippen molar-refractivity contribution in [1.82, 2.24) is 4.98 Å². The van der Waals surface area contributed by atoms with Gasteiger partial charge < -0.3 is 14.0 Å². The first-order valence-electron chi connectivity index (χ1n) is 10.6. The number of ether oxygens (including phenoxy) is 1. The Labute approximate surface area is 211 Å². The summed E-state index contributed by atoms with van der Waals surface area (Å²) < 4.78 is 48.5.